The summed E-state index contributed by atoms with van der Waals surface area (Å²) in [6, 6.07) is 12.0. The molecular formula is C25H19F3N2O5. The number of ether oxygens (including phenoxy) is 1. The van der Waals surface area contributed by atoms with Gasteiger partial charge >= 0.3 is 5.97 Å². The Labute approximate surface area is 197 Å². The molecule has 0 saturated carbocycles. The lowest BCUT2D eigenvalue weighted by molar-refractivity contribution is -0.139. The van der Waals surface area contributed by atoms with Crippen molar-refractivity contribution < 1.29 is 37.7 Å². The molecule has 4 rings (SSSR count). The number of aromatic hydroxyl groups is 1. The lowest BCUT2D eigenvalue weighted by Gasteiger charge is -2.11. The second-order valence-electron chi connectivity index (χ2n) is 7.95. The number of fused-ring (bicyclic) bond motifs is 1. The highest BCUT2D eigenvalue weighted by Crippen LogP contribution is 2.30. The molecule has 35 heavy (non-hydrogen) atoms. The number of halogens is 3. The minimum atomic E-state index is -3.22. The lowest BCUT2D eigenvalue weighted by Crippen LogP contribution is -2.11. The van der Waals surface area contributed by atoms with E-state index in [0.717, 1.165) is 12.1 Å². The quantitative estimate of drug-likeness (QED) is 0.351. The van der Waals surface area contributed by atoms with Crippen LogP contribution in [-0.2, 0) is 17.3 Å². The molecule has 0 aliphatic rings. The number of ketones is 1. The van der Waals surface area contributed by atoms with Crippen LogP contribution in [0.15, 0.2) is 60.8 Å². The van der Waals surface area contributed by atoms with Crippen molar-refractivity contribution in [1.29, 1.82) is 0 Å². The van der Waals surface area contributed by atoms with E-state index in [-0.39, 0.29) is 34.8 Å². The van der Waals surface area contributed by atoms with Crippen LogP contribution in [0.3, 0.4) is 0 Å². The number of rotatable bonds is 8. The predicted octanol–water partition coefficient (Wildman–Crippen LogP) is 4.74. The summed E-state index contributed by atoms with van der Waals surface area (Å²) in [6.45, 7) is -0.0214. The number of aliphatic carboxylic acids is 1. The van der Waals surface area contributed by atoms with Gasteiger partial charge in [-0.3, -0.25) is 4.79 Å². The molecule has 0 spiro atoms. The molecule has 0 bridgehead atoms. The molecule has 4 aromatic rings. The molecule has 2 heterocycles. The molecule has 0 aliphatic carbocycles. The van der Waals surface area contributed by atoms with Gasteiger partial charge in [-0.25, -0.2) is 14.2 Å². The number of carboxylic acid groups (broad SMARTS) is 1. The fraction of sp³-hybridized carbons (Fsp3) is 0.160. The molecule has 10 heteroatoms. The molecular weight excluding hydrogens is 465 g/mol. The van der Waals surface area contributed by atoms with E-state index in [2.05, 4.69) is 4.98 Å². The van der Waals surface area contributed by atoms with E-state index in [1.807, 2.05) is 0 Å². The Morgan fingerprint density at radius 1 is 1.09 bits per heavy atom. The number of pyridine rings is 1. The molecule has 0 unspecified atom stereocenters. The van der Waals surface area contributed by atoms with Crippen LogP contribution in [0.2, 0.25) is 0 Å². The Morgan fingerprint density at radius 2 is 1.80 bits per heavy atom. The van der Waals surface area contributed by atoms with Gasteiger partial charge in [-0.05, 0) is 54.1 Å². The zero-order valence-corrected chi connectivity index (χ0v) is 18.3. The Morgan fingerprint density at radius 3 is 2.46 bits per heavy atom. The highest BCUT2D eigenvalue weighted by atomic mass is 19.3. The van der Waals surface area contributed by atoms with Crippen LogP contribution in [0.5, 0.6) is 11.5 Å². The van der Waals surface area contributed by atoms with Crippen molar-refractivity contribution in [1.82, 2.24) is 9.55 Å². The van der Waals surface area contributed by atoms with Gasteiger partial charge in [0.1, 0.15) is 17.1 Å². The van der Waals surface area contributed by atoms with Crippen LogP contribution in [-0.4, -0.2) is 38.1 Å². The molecule has 0 amide bonds. The Hall–Kier alpha value is -4.34. The molecule has 0 fully saturated rings. The number of phenols is 1. The number of nitrogens with zero attached hydrogens (tertiary/aromatic N) is 2. The number of alkyl halides is 2. The minimum Gasteiger partial charge on any atom is -0.508 e. The third-order valence-corrected chi connectivity index (χ3v) is 5.25. The van der Waals surface area contributed by atoms with Crippen LogP contribution in [0.4, 0.5) is 13.2 Å². The summed E-state index contributed by atoms with van der Waals surface area (Å²) in [5, 5.41) is 18.6. The van der Waals surface area contributed by atoms with Gasteiger partial charge in [0.2, 0.25) is 0 Å². The molecule has 0 atom stereocenters. The molecule has 2 aromatic heterocycles. The van der Waals surface area contributed by atoms with Gasteiger partial charge in [0.15, 0.2) is 24.0 Å². The maximum absolute atomic E-state index is 14.0. The Bertz CT molecular complexity index is 1430. The fourth-order valence-electron chi connectivity index (χ4n) is 3.57. The van der Waals surface area contributed by atoms with Crippen molar-refractivity contribution in [3.63, 3.8) is 0 Å². The summed E-state index contributed by atoms with van der Waals surface area (Å²) in [7, 11) is 0. The van der Waals surface area contributed by atoms with Crippen LogP contribution in [0, 0.1) is 5.82 Å². The van der Waals surface area contributed by atoms with Crippen molar-refractivity contribution >= 4 is 22.8 Å². The summed E-state index contributed by atoms with van der Waals surface area (Å²) in [5.74, 6) is -5.97. The monoisotopic (exact) mass is 484 g/mol. The highest BCUT2D eigenvalue weighted by Gasteiger charge is 2.28. The van der Waals surface area contributed by atoms with E-state index in [9.17, 15) is 27.9 Å². The summed E-state index contributed by atoms with van der Waals surface area (Å²) in [5.41, 5.74) is 0.565. The summed E-state index contributed by atoms with van der Waals surface area (Å²) >= 11 is 0. The molecule has 0 radical (unpaired) electrons. The third-order valence-electron chi connectivity index (χ3n) is 5.25. The number of phenolic OH excluding ortho intramolecular Hbond substituents is 1. The Kier molecular flexibility index (Phi) is 6.21. The van der Waals surface area contributed by atoms with Gasteiger partial charge in [0.25, 0.3) is 5.92 Å². The lowest BCUT2D eigenvalue weighted by atomic mass is 10.0. The molecule has 0 saturated heterocycles. The third kappa shape index (κ3) is 5.11. The van der Waals surface area contributed by atoms with Crippen LogP contribution in [0.25, 0.3) is 11.0 Å². The van der Waals surface area contributed by atoms with Crippen molar-refractivity contribution in [3.05, 3.63) is 89.0 Å². The van der Waals surface area contributed by atoms with Crippen LogP contribution >= 0.6 is 0 Å². The number of hydrogen-bond donors (Lipinski definition) is 2. The van der Waals surface area contributed by atoms with Gasteiger partial charge in [0, 0.05) is 36.2 Å². The second-order valence-corrected chi connectivity index (χ2v) is 7.95. The van der Waals surface area contributed by atoms with E-state index in [0.29, 0.717) is 17.9 Å². The van der Waals surface area contributed by atoms with Crippen molar-refractivity contribution in [2.24, 2.45) is 0 Å². The topological polar surface area (TPSA) is 102 Å². The standard InChI is InChI=1S/C25H19F3N2O5/c1-25(27,28)21-9-7-17-18(23(34)15-3-5-16(31)6-4-15)12-30(24(17)29-21)11-14-2-8-19(26)20(10-14)35-13-22(32)33/h2-10,12,31H,11,13H2,1H3,(H,32,33). The van der Waals surface area contributed by atoms with E-state index in [1.165, 1.54) is 53.2 Å². The van der Waals surface area contributed by atoms with Gasteiger partial charge in [-0.15, -0.1) is 0 Å². The maximum Gasteiger partial charge on any atom is 0.341 e. The number of carboxylic acids is 1. The SMILES string of the molecule is CC(F)(F)c1ccc2c(C(=O)c3ccc(O)cc3)cn(Cc3ccc(F)c(OCC(=O)O)c3)c2n1. The van der Waals surface area contributed by atoms with Crippen molar-refractivity contribution in [2.75, 3.05) is 6.61 Å². The molecule has 7 nitrogen and oxygen atoms in total. The normalized spacial score (nSPS) is 11.5. The van der Waals surface area contributed by atoms with Crippen molar-refractivity contribution in [3.8, 4) is 11.5 Å². The maximum atomic E-state index is 14.0. The van der Waals surface area contributed by atoms with Gasteiger partial charge in [-0.2, -0.15) is 8.78 Å². The van der Waals surface area contributed by atoms with E-state index < -0.39 is 35.8 Å². The fourth-order valence-corrected chi connectivity index (χ4v) is 3.57. The van der Waals surface area contributed by atoms with Crippen LogP contribution in [0.1, 0.15) is 34.1 Å². The number of aromatic nitrogens is 2. The molecule has 2 aromatic carbocycles. The van der Waals surface area contributed by atoms with Gasteiger partial charge in [-0.1, -0.05) is 6.07 Å². The molecule has 2 N–H and O–H groups in total. The summed E-state index contributed by atoms with van der Waals surface area (Å²) in [4.78, 5) is 28.0. The van der Waals surface area contributed by atoms with Gasteiger partial charge < -0.3 is 19.5 Å². The zero-order valence-electron chi connectivity index (χ0n) is 18.3. The van der Waals surface area contributed by atoms with Crippen LogP contribution < -0.4 is 4.74 Å². The second kappa shape index (κ2) is 9.13. The van der Waals surface area contributed by atoms with E-state index >= 15 is 0 Å². The summed E-state index contributed by atoms with van der Waals surface area (Å²) in [6.07, 6.45) is 1.46. The van der Waals surface area contributed by atoms with Crippen molar-refractivity contribution in [2.45, 2.75) is 19.4 Å². The first kappa shape index (κ1) is 23.8. The number of hydrogen-bond acceptors (Lipinski definition) is 5. The molecule has 180 valence electrons. The highest BCUT2D eigenvalue weighted by molar-refractivity contribution is 6.16. The average molecular weight is 484 g/mol. The smallest absolute Gasteiger partial charge is 0.341 e. The largest absolute Gasteiger partial charge is 0.508 e. The number of benzene rings is 2. The minimum absolute atomic E-state index is 0.00874. The molecule has 0 aliphatic heterocycles. The van der Waals surface area contributed by atoms with E-state index in [1.54, 1.807) is 0 Å². The van der Waals surface area contributed by atoms with E-state index in [4.69, 9.17) is 9.84 Å². The number of carbonyl (C=O) groups is 2. The first-order valence-corrected chi connectivity index (χ1v) is 10.4. The number of carbonyl (C=O) groups excluding carboxylic acids is 1. The van der Waals surface area contributed by atoms with Gasteiger partial charge in [0.05, 0.1) is 0 Å². The predicted molar refractivity (Wildman–Crippen MR) is 119 cm³/mol. The zero-order chi connectivity index (χ0) is 25.3. The first-order chi connectivity index (χ1) is 16.5. The summed E-state index contributed by atoms with van der Waals surface area (Å²) < 4.78 is 48.5. The Balaban J connectivity index is 1.79. The first-order valence-electron chi connectivity index (χ1n) is 10.4. The average Bonchev–Trinajstić information content (AvgIpc) is 3.16.